The SMILES string of the molecule is C=C1CCCC(c2c(C)cc(CCCCC)cc2SC)C1C. The van der Waals surface area contributed by atoms with Crippen molar-refractivity contribution in [1.29, 1.82) is 0 Å². The number of rotatable bonds is 6. The second-order valence-corrected chi connectivity index (χ2v) is 7.78. The topological polar surface area (TPSA) is 0 Å². The summed E-state index contributed by atoms with van der Waals surface area (Å²) >= 11 is 1.93. The van der Waals surface area contributed by atoms with E-state index in [0.717, 1.165) is 0 Å². The van der Waals surface area contributed by atoms with Crippen molar-refractivity contribution in [2.24, 2.45) is 5.92 Å². The van der Waals surface area contributed by atoms with Crippen molar-refractivity contribution in [3.05, 3.63) is 41.0 Å². The van der Waals surface area contributed by atoms with Crippen molar-refractivity contribution in [1.82, 2.24) is 0 Å². The van der Waals surface area contributed by atoms with Crippen LogP contribution in [0.15, 0.2) is 29.2 Å². The molecule has 0 nitrogen and oxygen atoms in total. The van der Waals surface area contributed by atoms with Gasteiger partial charge in [-0.1, -0.05) is 44.9 Å². The van der Waals surface area contributed by atoms with Crippen molar-refractivity contribution in [2.75, 3.05) is 6.26 Å². The lowest BCUT2D eigenvalue weighted by Crippen LogP contribution is -2.18. The zero-order valence-corrected chi connectivity index (χ0v) is 15.7. The van der Waals surface area contributed by atoms with Gasteiger partial charge < -0.3 is 0 Å². The van der Waals surface area contributed by atoms with E-state index < -0.39 is 0 Å². The lowest BCUT2D eigenvalue weighted by atomic mass is 9.73. The number of thioether (sulfide) groups is 1. The predicted octanol–water partition coefficient (Wildman–Crippen LogP) is 6.91. The second-order valence-electron chi connectivity index (χ2n) is 6.93. The molecule has 2 rings (SSSR count). The summed E-state index contributed by atoms with van der Waals surface area (Å²) in [6.07, 6.45) is 11.3. The Balaban J connectivity index is 2.29. The van der Waals surface area contributed by atoms with Crippen molar-refractivity contribution in [2.45, 2.75) is 76.5 Å². The van der Waals surface area contributed by atoms with E-state index in [4.69, 9.17) is 0 Å². The highest BCUT2D eigenvalue weighted by atomic mass is 32.2. The summed E-state index contributed by atoms with van der Waals surface area (Å²) in [5.41, 5.74) is 6.10. The van der Waals surface area contributed by atoms with E-state index in [9.17, 15) is 0 Å². The summed E-state index contributed by atoms with van der Waals surface area (Å²) in [6.45, 7) is 11.3. The Labute approximate surface area is 141 Å². The maximum Gasteiger partial charge on any atom is 0.0110 e. The summed E-state index contributed by atoms with van der Waals surface area (Å²) in [6, 6.07) is 4.92. The van der Waals surface area contributed by atoms with E-state index in [1.807, 2.05) is 11.8 Å². The first-order valence-corrected chi connectivity index (χ1v) is 10.2. The first-order chi connectivity index (χ1) is 10.6. The number of hydrogen-bond donors (Lipinski definition) is 0. The van der Waals surface area contributed by atoms with Crippen LogP contribution in [0.2, 0.25) is 0 Å². The lowest BCUT2D eigenvalue weighted by Gasteiger charge is -2.33. The third-order valence-corrected chi connectivity index (χ3v) is 6.11. The maximum atomic E-state index is 4.32. The molecule has 1 aliphatic rings. The molecule has 0 saturated heterocycles. The Morgan fingerprint density at radius 1 is 1.27 bits per heavy atom. The quantitative estimate of drug-likeness (QED) is 0.312. The van der Waals surface area contributed by atoms with Gasteiger partial charge in [-0.3, -0.25) is 0 Å². The summed E-state index contributed by atoms with van der Waals surface area (Å²) in [5, 5.41) is 0. The summed E-state index contributed by atoms with van der Waals surface area (Å²) in [5.74, 6) is 1.30. The molecule has 122 valence electrons. The molecule has 1 fully saturated rings. The number of unbranched alkanes of at least 4 members (excludes halogenated alkanes) is 2. The smallest absolute Gasteiger partial charge is 0.0110 e. The van der Waals surface area contributed by atoms with Gasteiger partial charge in [0.05, 0.1) is 0 Å². The lowest BCUT2D eigenvalue weighted by molar-refractivity contribution is 0.410. The van der Waals surface area contributed by atoms with Gasteiger partial charge in [0.15, 0.2) is 0 Å². The van der Waals surface area contributed by atoms with Crippen LogP contribution in [0, 0.1) is 12.8 Å². The molecule has 1 saturated carbocycles. The van der Waals surface area contributed by atoms with Crippen LogP contribution in [0.25, 0.3) is 0 Å². The third-order valence-electron chi connectivity index (χ3n) is 5.33. The molecule has 0 spiro atoms. The fourth-order valence-electron chi connectivity index (χ4n) is 3.91. The molecule has 1 aromatic carbocycles. The van der Waals surface area contributed by atoms with E-state index in [1.54, 1.807) is 5.56 Å². The van der Waals surface area contributed by atoms with Gasteiger partial charge in [0.1, 0.15) is 0 Å². The Hall–Kier alpha value is -0.690. The Morgan fingerprint density at radius 2 is 2.05 bits per heavy atom. The molecule has 0 aliphatic heterocycles. The molecule has 0 heterocycles. The van der Waals surface area contributed by atoms with Gasteiger partial charge >= 0.3 is 0 Å². The molecule has 0 aromatic heterocycles. The van der Waals surface area contributed by atoms with Crippen LogP contribution in [-0.2, 0) is 6.42 Å². The van der Waals surface area contributed by atoms with Gasteiger partial charge in [0.25, 0.3) is 0 Å². The highest BCUT2D eigenvalue weighted by molar-refractivity contribution is 7.98. The van der Waals surface area contributed by atoms with Gasteiger partial charge in [0, 0.05) is 4.90 Å². The minimum absolute atomic E-state index is 0.629. The fraction of sp³-hybridized carbons (Fsp3) is 0.619. The first kappa shape index (κ1) is 17.7. The number of aryl methyl sites for hydroxylation is 2. The zero-order chi connectivity index (χ0) is 16.1. The highest BCUT2D eigenvalue weighted by Crippen LogP contribution is 2.44. The average molecular weight is 317 g/mol. The third kappa shape index (κ3) is 3.98. The molecule has 1 heteroatoms. The van der Waals surface area contributed by atoms with Crippen LogP contribution in [0.4, 0.5) is 0 Å². The Morgan fingerprint density at radius 3 is 2.73 bits per heavy atom. The van der Waals surface area contributed by atoms with Gasteiger partial charge in [-0.05, 0) is 79.9 Å². The van der Waals surface area contributed by atoms with Gasteiger partial charge in [-0.25, -0.2) is 0 Å². The van der Waals surface area contributed by atoms with Crippen LogP contribution in [0.3, 0.4) is 0 Å². The minimum Gasteiger partial charge on any atom is -0.129 e. The number of benzene rings is 1. The first-order valence-electron chi connectivity index (χ1n) is 8.93. The largest absolute Gasteiger partial charge is 0.129 e. The van der Waals surface area contributed by atoms with Crippen LogP contribution in [0.1, 0.15) is 75.0 Å². The summed E-state index contributed by atoms with van der Waals surface area (Å²) < 4.78 is 0. The molecular formula is C21H32S. The van der Waals surface area contributed by atoms with E-state index in [-0.39, 0.29) is 0 Å². The highest BCUT2D eigenvalue weighted by Gasteiger charge is 2.28. The molecule has 2 atom stereocenters. The molecule has 2 unspecified atom stereocenters. The van der Waals surface area contributed by atoms with Crippen LogP contribution >= 0.6 is 11.8 Å². The summed E-state index contributed by atoms with van der Waals surface area (Å²) in [7, 11) is 0. The van der Waals surface area contributed by atoms with E-state index >= 15 is 0 Å². The zero-order valence-electron chi connectivity index (χ0n) is 14.9. The van der Waals surface area contributed by atoms with Gasteiger partial charge in [-0.15, -0.1) is 11.8 Å². The number of allylic oxidation sites excluding steroid dienone is 1. The molecule has 22 heavy (non-hydrogen) atoms. The van der Waals surface area contributed by atoms with E-state index in [1.165, 1.54) is 66.5 Å². The monoisotopic (exact) mass is 316 g/mol. The maximum absolute atomic E-state index is 4.32. The van der Waals surface area contributed by atoms with Crippen molar-refractivity contribution >= 4 is 11.8 Å². The normalized spacial score (nSPS) is 22.1. The van der Waals surface area contributed by atoms with Gasteiger partial charge in [0.2, 0.25) is 0 Å². The molecule has 0 N–H and O–H groups in total. The van der Waals surface area contributed by atoms with Crippen LogP contribution in [-0.4, -0.2) is 6.26 Å². The predicted molar refractivity (Wildman–Crippen MR) is 101 cm³/mol. The van der Waals surface area contributed by atoms with Crippen LogP contribution in [0.5, 0.6) is 0 Å². The molecule has 0 radical (unpaired) electrons. The summed E-state index contributed by atoms with van der Waals surface area (Å²) in [4.78, 5) is 1.51. The van der Waals surface area contributed by atoms with Crippen LogP contribution < -0.4 is 0 Å². The van der Waals surface area contributed by atoms with Gasteiger partial charge in [-0.2, -0.15) is 0 Å². The van der Waals surface area contributed by atoms with E-state index in [0.29, 0.717) is 11.8 Å². The minimum atomic E-state index is 0.629. The van der Waals surface area contributed by atoms with Crippen molar-refractivity contribution in [3.63, 3.8) is 0 Å². The second kappa shape index (κ2) is 8.24. The Kier molecular flexibility index (Phi) is 6.62. The van der Waals surface area contributed by atoms with E-state index in [2.05, 4.69) is 45.7 Å². The Bertz CT molecular complexity index is 515. The molecule has 0 amide bonds. The standard InChI is InChI=1S/C21H32S/c1-6-7-8-11-18-13-16(3)21(20(14-18)22-5)19-12-9-10-15(2)17(19)4/h13-14,17,19H,2,6-12H2,1,3-5H3. The molecule has 1 aromatic rings. The fourth-order valence-corrected chi connectivity index (χ4v) is 4.71. The average Bonchev–Trinajstić information content (AvgIpc) is 2.50. The van der Waals surface area contributed by atoms with Crippen molar-refractivity contribution in [3.8, 4) is 0 Å². The van der Waals surface area contributed by atoms with Crippen molar-refractivity contribution < 1.29 is 0 Å². The molecular weight excluding hydrogens is 284 g/mol. The molecule has 0 bridgehead atoms. The number of hydrogen-bond acceptors (Lipinski definition) is 1. The molecule has 1 aliphatic carbocycles.